The van der Waals surface area contributed by atoms with Crippen LogP contribution in [0.4, 0.5) is 17.6 Å². The van der Waals surface area contributed by atoms with Crippen molar-refractivity contribution in [2.75, 3.05) is 56.6 Å². The Labute approximate surface area is 199 Å². The van der Waals surface area contributed by atoms with Gasteiger partial charge in [0, 0.05) is 43.4 Å². The second-order valence-corrected chi connectivity index (χ2v) is 9.30. The zero-order valence-corrected chi connectivity index (χ0v) is 19.8. The van der Waals surface area contributed by atoms with Gasteiger partial charge in [-0.25, -0.2) is 0 Å². The minimum Gasteiger partial charge on any atom is -0.476 e. The van der Waals surface area contributed by atoms with Crippen molar-refractivity contribution in [2.24, 2.45) is 5.92 Å². The number of ether oxygens (including phenoxy) is 2. The number of anilines is 3. The molecule has 3 aliphatic rings. The molecule has 0 spiro atoms. The van der Waals surface area contributed by atoms with Crippen molar-refractivity contribution in [2.45, 2.75) is 38.6 Å². The molecular weight excluding hydrogens is 436 g/mol. The van der Waals surface area contributed by atoms with Crippen molar-refractivity contribution in [3.05, 3.63) is 29.7 Å². The lowest BCUT2D eigenvalue weighted by Gasteiger charge is -2.26. The Balaban J connectivity index is 1.24. The predicted octanol–water partition coefficient (Wildman–Crippen LogP) is 2.39. The van der Waals surface area contributed by atoms with E-state index in [0.717, 1.165) is 50.1 Å². The van der Waals surface area contributed by atoms with Crippen molar-refractivity contribution in [1.82, 2.24) is 30.5 Å². The molecule has 5 rings (SSSR count). The molecule has 1 saturated carbocycles. The third-order valence-corrected chi connectivity index (χ3v) is 6.17. The van der Waals surface area contributed by atoms with E-state index in [1.165, 1.54) is 12.8 Å². The van der Waals surface area contributed by atoms with Gasteiger partial charge in [-0.15, -0.1) is 5.48 Å². The number of rotatable bonds is 11. The van der Waals surface area contributed by atoms with Gasteiger partial charge in [-0.3, -0.25) is 10.00 Å². The van der Waals surface area contributed by atoms with E-state index in [1.54, 1.807) is 6.07 Å². The Bertz CT molecular complexity index is 984. The Morgan fingerprint density at radius 3 is 2.79 bits per heavy atom. The fourth-order valence-corrected chi connectivity index (χ4v) is 3.88. The van der Waals surface area contributed by atoms with Crippen LogP contribution in [-0.4, -0.2) is 77.1 Å². The van der Waals surface area contributed by atoms with Crippen LogP contribution in [0.2, 0.25) is 0 Å². The molecule has 34 heavy (non-hydrogen) atoms. The second kappa shape index (κ2) is 10.6. The molecule has 1 unspecified atom stereocenters. The number of hydroxylamine groups is 1. The van der Waals surface area contributed by atoms with Crippen molar-refractivity contribution in [3.63, 3.8) is 0 Å². The van der Waals surface area contributed by atoms with Crippen LogP contribution in [0.5, 0.6) is 5.88 Å². The molecule has 0 aromatic carbocycles. The second-order valence-electron chi connectivity index (χ2n) is 9.30. The number of hydrogen-bond donors (Lipinski definition) is 4. The summed E-state index contributed by atoms with van der Waals surface area (Å²) in [7, 11) is 0. The summed E-state index contributed by atoms with van der Waals surface area (Å²) >= 11 is 0. The summed E-state index contributed by atoms with van der Waals surface area (Å²) < 4.78 is 11.4. The molecule has 4 heterocycles. The first-order chi connectivity index (χ1) is 16.6. The summed E-state index contributed by atoms with van der Waals surface area (Å²) in [6, 6.07) is 4.04. The highest BCUT2D eigenvalue weighted by molar-refractivity contribution is 5.55. The SMILES string of the molecule is CC(C)C1C=C(CNc2nc(Nc3cc(C4CC4)[nH]n3)cc(OCCN3CCOCC3)n2)ON1. The molecule has 2 aliphatic heterocycles. The molecule has 11 nitrogen and oxygen atoms in total. The quantitative estimate of drug-likeness (QED) is 0.389. The van der Waals surface area contributed by atoms with Gasteiger partial charge in [0.2, 0.25) is 11.8 Å². The van der Waals surface area contributed by atoms with Crippen LogP contribution in [0.1, 0.15) is 38.3 Å². The summed E-state index contributed by atoms with van der Waals surface area (Å²) in [6.45, 7) is 9.53. The van der Waals surface area contributed by atoms with Crippen LogP contribution < -0.4 is 20.9 Å². The predicted molar refractivity (Wildman–Crippen MR) is 128 cm³/mol. The van der Waals surface area contributed by atoms with E-state index in [2.05, 4.69) is 61.1 Å². The highest BCUT2D eigenvalue weighted by atomic mass is 16.7. The Morgan fingerprint density at radius 2 is 2.03 bits per heavy atom. The Hall–Kier alpha value is -2.89. The molecule has 2 aromatic heterocycles. The average molecular weight is 471 g/mol. The zero-order chi connectivity index (χ0) is 23.3. The summed E-state index contributed by atoms with van der Waals surface area (Å²) in [5.74, 6) is 4.18. The summed E-state index contributed by atoms with van der Waals surface area (Å²) in [4.78, 5) is 17.1. The number of hydrogen-bond acceptors (Lipinski definition) is 10. The van der Waals surface area contributed by atoms with Gasteiger partial charge in [-0.2, -0.15) is 15.1 Å². The number of aromatic amines is 1. The maximum atomic E-state index is 6.00. The van der Waals surface area contributed by atoms with Crippen LogP contribution in [0.15, 0.2) is 24.0 Å². The van der Waals surface area contributed by atoms with E-state index < -0.39 is 0 Å². The molecule has 11 heteroatoms. The molecule has 2 fully saturated rings. The summed E-state index contributed by atoms with van der Waals surface area (Å²) in [6.07, 6.45) is 4.52. The van der Waals surface area contributed by atoms with Crippen molar-refractivity contribution >= 4 is 17.6 Å². The maximum absolute atomic E-state index is 6.00. The number of H-pyrrole nitrogens is 1. The number of nitrogens with zero attached hydrogens (tertiary/aromatic N) is 4. The van der Waals surface area contributed by atoms with Gasteiger partial charge in [-0.05, 0) is 24.8 Å². The van der Waals surface area contributed by atoms with Gasteiger partial charge < -0.3 is 24.9 Å². The smallest absolute Gasteiger partial charge is 0.228 e. The number of morpholine rings is 1. The Morgan fingerprint density at radius 1 is 1.18 bits per heavy atom. The fraction of sp³-hybridized carbons (Fsp3) is 0.609. The van der Waals surface area contributed by atoms with Gasteiger partial charge in [0.25, 0.3) is 0 Å². The molecule has 2 aromatic rings. The topological polar surface area (TPSA) is 121 Å². The van der Waals surface area contributed by atoms with Gasteiger partial charge in [0.15, 0.2) is 5.82 Å². The summed E-state index contributed by atoms with van der Waals surface area (Å²) in [5, 5.41) is 14.0. The highest BCUT2D eigenvalue weighted by Crippen LogP contribution is 2.39. The molecule has 0 bridgehead atoms. The largest absolute Gasteiger partial charge is 0.476 e. The van der Waals surface area contributed by atoms with Crippen molar-refractivity contribution in [1.29, 1.82) is 0 Å². The zero-order valence-electron chi connectivity index (χ0n) is 19.8. The maximum Gasteiger partial charge on any atom is 0.228 e. The van der Waals surface area contributed by atoms with Gasteiger partial charge in [0.1, 0.15) is 18.2 Å². The Kier molecular flexibility index (Phi) is 7.12. The molecule has 1 saturated heterocycles. The molecule has 4 N–H and O–H groups in total. The van der Waals surface area contributed by atoms with E-state index in [1.807, 2.05) is 6.07 Å². The lowest BCUT2D eigenvalue weighted by Crippen LogP contribution is -2.38. The molecule has 1 atom stereocenters. The van der Waals surface area contributed by atoms with Crippen LogP contribution in [0.3, 0.4) is 0 Å². The van der Waals surface area contributed by atoms with Gasteiger partial charge in [-0.1, -0.05) is 13.8 Å². The molecule has 0 radical (unpaired) electrons. The lowest BCUT2D eigenvalue weighted by molar-refractivity contribution is 0.0320. The first-order valence-electron chi connectivity index (χ1n) is 12.1. The third-order valence-electron chi connectivity index (χ3n) is 6.17. The number of nitrogens with one attached hydrogen (secondary N) is 4. The van der Waals surface area contributed by atoms with E-state index in [9.17, 15) is 0 Å². The molecular formula is C23H34N8O3. The van der Waals surface area contributed by atoms with Crippen LogP contribution in [0, 0.1) is 5.92 Å². The van der Waals surface area contributed by atoms with Crippen molar-refractivity contribution < 1.29 is 14.3 Å². The molecule has 184 valence electrons. The standard InChI is InChI=1S/C23H34N8O3/c1-15(2)18-11-17(34-30-18)14-24-23-26-20(25-21-12-19(28-29-21)16-3-4-16)13-22(27-23)33-10-7-31-5-8-32-9-6-31/h11-13,15-16,18,30H,3-10,14H2,1-2H3,(H3,24,25,26,27,28,29). The fourth-order valence-electron chi connectivity index (χ4n) is 3.88. The first-order valence-corrected chi connectivity index (χ1v) is 12.1. The normalized spacial score (nSPS) is 20.8. The van der Waals surface area contributed by atoms with Crippen molar-refractivity contribution in [3.8, 4) is 5.88 Å². The number of aromatic nitrogens is 4. The third kappa shape index (κ3) is 6.16. The summed E-state index contributed by atoms with van der Waals surface area (Å²) in [5.41, 5.74) is 4.20. The first kappa shape index (κ1) is 22.9. The molecule has 0 amide bonds. The van der Waals surface area contributed by atoms with Crippen LogP contribution in [-0.2, 0) is 9.57 Å². The van der Waals surface area contributed by atoms with Gasteiger partial charge >= 0.3 is 0 Å². The minimum atomic E-state index is 0.199. The van der Waals surface area contributed by atoms with E-state index in [0.29, 0.717) is 42.6 Å². The van der Waals surface area contributed by atoms with Gasteiger partial charge in [0.05, 0.1) is 25.8 Å². The minimum absolute atomic E-state index is 0.199. The average Bonchev–Trinajstić information content (AvgIpc) is 3.38. The van der Waals surface area contributed by atoms with E-state index >= 15 is 0 Å². The van der Waals surface area contributed by atoms with Crippen LogP contribution >= 0.6 is 0 Å². The highest BCUT2D eigenvalue weighted by Gasteiger charge is 2.25. The lowest BCUT2D eigenvalue weighted by atomic mass is 10.1. The van der Waals surface area contributed by atoms with E-state index in [4.69, 9.17) is 14.3 Å². The monoisotopic (exact) mass is 470 g/mol. The van der Waals surface area contributed by atoms with E-state index in [-0.39, 0.29) is 6.04 Å². The molecule has 1 aliphatic carbocycles. The van der Waals surface area contributed by atoms with Crippen LogP contribution in [0.25, 0.3) is 0 Å².